The lowest BCUT2D eigenvalue weighted by Gasteiger charge is -2.24. The molecule has 0 saturated heterocycles. The van der Waals surface area contributed by atoms with E-state index in [0.717, 1.165) is 0 Å². The fourth-order valence-electron chi connectivity index (χ4n) is 1.83. The van der Waals surface area contributed by atoms with Crippen LogP contribution in [0.3, 0.4) is 0 Å². The van der Waals surface area contributed by atoms with Gasteiger partial charge >= 0.3 is 0 Å². The highest BCUT2D eigenvalue weighted by molar-refractivity contribution is 5.80. The van der Waals surface area contributed by atoms with Crippen molar-refractivity contribution in [1.29, 1.82) is 0 Å². The molecule has 1 aromatic rings. The van der Waals surface area contributed by atoms with Crippen molar-refractivity contribution in [3.05, 3.63) is 29.6 Å². The molecule has 1 atom stereocenters. The molecule has 19 heavy (non-hydrogen) atoms. The van der Waals surface area contributed by atoms with Crippen LogP contribution in [0.25, 0.3) is 0 Å². The Morgan fingerprint density at radius 2 is 2.05 bits per heavy atom. The molecule has 1 unspecified atom stereocenters. The summed E-state index contributed by atoms with van der Waals surface area (Å²) in [5.41, 5.74) is 0.333. The van der Waals surface area contributed by atoms with Crippen molar-refractivity contribution in [2.45, 2.75) is 33.5 Å². The third-order valence-electron chi connectivity index (χ3n) is 2.94. The predicted octanol–water partition coefficient (Wildman–Crippen LogP) is 1.95. The topological polar surface area (TPSA) is 49.8 Å². The van der Waals surface area contributed by atoms with Crippen molar-refractivity contribution in [2.75, 3.05) is 13.1 Å². The molecule has 0 heterocycles. The molecule has 1 N–H and O–H groups in total. The van der Waals surface area contributed by atoms with Crippen molar-refractivity contribution in [1.82, 2.24) is 4.90 Å². The SMILES string of the molecule is CCN(CC)C(=O)C(C)Oc1c(F)cccc1CO. The molecule has 1 amide bonds. The number of carbonyl (C=O) groups is 1. The number of benzene rings is 1. The largest absolute Gasteiger partial charge is 0.477 e. The molecule has 0 radical (unpaired) electrons. The molecule has 106 valence electrons. The fourth-order valence-corrected chi connectivity index (χ4v) is 1.83. The van der Waals surface area contributed by atoms with Gasteiger partial charge in [0.05, 0.1) is 6.61 Å². The molecule has 0 aliphatic heterocycles. The smallest absolute Gasteiger partial charge is 0.263 e. The number of ether oxygens (including phenoxy) is 1. The summed E-state index contributed by atoms with van der Waals surface area (Å²) in [7, 11) is 0. The zero-order valence-electron chi connectivity index (χ0n) is 11.5. The summed E-state index contributed by atoms with van der Waals surface area (Å²) in [6, 6.07) is 4.29. The van der Waals surface area contributed by atoms with Gasteiger partial charge in [-0.25, -0.2) is 4.39 Å². The maximum atomic E-state index is 13.7. The second kappa shape index (κ2) is 7.09. The number of nitrogens with zero attached hydrogens (tertiary/aromatic N) is 1. The number of rotatable bonds is 6. The van der Waals surface area contributed by atoms with Gasteiger partial charge in [0, 0.05) is 18.7 Å². The van der Waals surface area contributed by atoms with E-state index in [2.05, 4.69) is 0 Å². The van der Waals surface area contributed by atoms with E-state index in [4.69, 9.17) is 9.84 Å². The Morgan fingerprint density at radius 3 is 2.58 bits per heavy atom. The molecule has 4 nitrogen and oxygen atoms in total. The van der Waals surface area contributed by atoms with Gasteiger partial charge in [-0.15, -0.1) is 0 Å². The molecule has 1 rings (SSSR count). The van der Waals surface area contributed by atoms with Gasteiger partial charge in [0.25, 0.3) is 5.91 Å². The van der Waals surface area contributed by atoms with E-state index in [1.807, 2.05) is 13.8 Å². The summed E-state index contributed by atoms with van der Waals surface area (Å²) in [5.74, 6) is -0.833. The summed E-state index contributed by atoms with van der Waals surface area (Å²) < 4.78 is 19.1. The average Bonchev–Trinajstić information content (AvgIpc) is 2.42. The fraction of sp³-hybridized carbons (Fsp3) is 0.500. The number of hydrogen-bond donors (Lipinski definition) is 1. The zero-order valence-corrected chi connectivity index (χ0v) is 11.5. The number of amides is 1. The molecule has 0 aromatic heterocycles. The van der Waals surface area contributed by atoms with Crippen LogP contribution in [0.2, 0.25) is 0 Å². The van der Waals surface area contributed by atoms with E-state index in [1.165, 1.54) is 12.1 Å². The highest BCUT2D eigenvalue weighted by Gasteiger charge is 2.22. The Labute approximate surface area is 112 Å². The lowest BCUT2D eigenvalue weighted by molar-refractivity contribution is -0.137. The predicted molar refractivity (Wildman–Crippen MR) is 70.3 cm³/mol. The lowest BCUT2D eigenvalue weighted by Crippen LogP contribution is -2.40. The van der Waals surface area contributed by atoms with Crippen LogP contribution in [-0.2, 0) is 11.4 Å². The maximum absolute atomic E-state index is 13.7. The number of aliphatic hydroxyl groups excluding tert-OH is 1. The minimum absolute atomic E-state index is 0.0574. The van der Waals surface area contributed by atoms with Crippen molar-refractivity contribution < 1.29 is 19.0 Å². The van der Waals surface area contributed by atoms with E-state index < -0.39 is 11.9 Å². The Kier molecular flexibility index (Phi) is 5.76. The summed E-state index contributed by atoms with van der Waals surface area (Å²) in [6.07, 6.45) is -0.790. The Balaban J connectivity index is 2.87. The van der Waals surface area contributed by atoms with Gasteiger partial charge in [-0.2, -0.15) is 0 Å². The zero-order chi connectivity index (χ0) is 14.4. The average molecular weight is 269 g/mol. The van der Waals surface area contributed by atoms with Gasteiger partial charge in [0.1, 0.15) is 0 Å². The number of likely N-dealkylation sites (N-methyl/N-ethyl adjacent to an activating group) is 1. The van der Waals surface area contributed by atoms with Crippen molar-refractivity contribution >= 4 is 5.91 Å². The van der Waals surface area contributed by atoms with Gasteiger partial charge in [-0.3, -0.25) is 4.79 Å². The summed E-state index contributed by atoms with van der Waals surface area (Å²) in [5, 5.41) is 9.15. The molecular weight excluding hydrogens is 249 g/mol. The van der Waals surface area contributed by atoms with Crippen LogP contribution >= 0.6 is 0 Å². The molecule has 1 aromatic carbocycles. The normalized spacial score (nSPS) is 12.1. The van der Waals surface area contributed by atoms with Crippen LogP contribution in [0.5, 0.6) is 5.75 Å². The summed E-state index contributed by atoms with van der Waals surface area (Å²) in [4.78, 5) is 13.7. The Bertz CT molecular complexity index is 433. The van der Waals surface area contributed by atoms with Crippen LogP contribution in [0.4, 0.5) is 4.39 Å². The number of hydrogen-bond acceptors (Lipinski definition) is 3. The number of halogens is 1. The third kappa shape index (κ3) is 3.67. The Hall–Kier alpha value is -1.62. The molecule has 0 bridgehead atoms. The first-order valence-corrected chi connectivity index (χ1v) is 6.38. The monoisotopic (exact) mass is 269 g/mol. The number of carbonyl (C=O) groups excluding carboxylic acids is 1. The van der Waals surface area contributed by atoms with Gasteiger partial charge in [0.2, 0.25) is 0 Å². The lowest BCUT2D eigenvalue weighted by atomic mass is 10.2. The van der Waals surface area contributed by atoms with Crippen LogP contribution in [0.1, 0.15) is 26.3 Å². The Morgan fingerprint density at radius 1 is 1.42 bits per heavy atom. The molecule has 0 aliphatic carbocycles. The quantitative estimate of drug-likeness (QED) is 0.858. The third-order valence-corrected chi connectivity index (χ3v) is 2.94. The maximum Gasteiger partial charge on any atom is 0.263 e. The van der Waals surface area contributed by atoms with Crippen LogP contribution in [0.15, 0.2) is 18.2 Å². The second-order valence-corrected chi connectivity index (χ2v) is 4.16. The molecule has 0 aliphatic rings. The highest BCUT2D eigenvalue weighted by atomic mass is 19.1. The van der Waals surface area contributed by atoms with Crippen LogP contribution in [-0.4, -0.2) is 35.1 Å². The highest BCUT2D eigenvalue weighted by Crippen LogP contribution is 2.24. The first-order chi connectivity index (χ1) is 9.04. The summed E-state index contributed by atoms with van der Waals surface area (Å²) in [6.45, 7) is 6.14. The number of aliphatic hydroxyl groups is 1. The van der Waals surface area contributed by atoms with E-state index in [-0.39, 0.29) is 18.3 Å². The van der Waals surface area contributed by atoms with Gasteiger partial charge in [0.15, 0.2) is 17.7 Å². The number of para-hydroxylation sites is 1. The standard InChI is InChI=1S/C14H20FNO3/c1-4-16(5-2)14(18)10(3)19-13-11(9-17)7-6-8-12(13)15/h6-8,10,17H,4-5,9H2,1-3H3. The van der Waals surface area contributed by atoms with E-state index in [1.54, 1.807) is 17.9 Å². The second-order valence-electron chi connectivity index (χ2n) is 4.16. The molecular formula is C14H20FNO3. The van der Waals surface area contributed by atoms with Crippen LogP contribution < -0.4 is 4.74 Å². The first-order valence-electron chi connectivity index (χ1n) is 6.38. The molecule has 0 saturated carbocycles. The first kappa shape index (κ1) is 15.4. The van der Waals surface area contributed by atoms with Crippen molar-refractivity contribution in [2.24, 2.45) is 0 Å². The van der Waals surface area contributed by atoms with Gasteiger partial charge in [-0.1, -0.05) is 12.1 Å². The minimum atomic E-state index is -0.790. The molecule has 0 fully saturated rings. The van der Waals surface area contributed by atoms with Crippen molar-refractivity contribution in [3.8, 4) is 5.75 Å². The van der Waals surface area contributed by atoms with Gasteiger partial charge < -0.3 is 14.7 Å². The van der Waals surface area contributed by atoms with E-state index in [0.29, 0.717) is 18.7 Å². The van der Waals surface area contributed by atoms with Crippen molar-refractivity contribution in [3.63, 3.8) is 0 Å². The van der Waals surface area contributed by atoms with E-state index >= 15 is 0 Å². The molecule has 0 spiro atoms. The van der Waals surface area contributed by atoms with Crippen LogP contribution in [0, 0.1) is 5.82 Å². The molecule has 5 heteroatoms. The summed E-state index contributed by atoms with van der Waals surface area (Å²) >= 11 is 0. The van der Waals surface area contributed by atoms with Gasteiger partial charge in [-0.05, 0) is 26.8 Å². The van der Waals surface area contributed by atoms with E-state index in [9.17, 15) is 9.18 Å². The minimum Gasteiger partial charge on any atom is -0.477 e.